The smallest absolute Gasteiger partial charge is 0.307 e. The molecule has 0 aliphatic rings. The average molecular weight is 287 g/mol. The zero-order chi connectivity index (χ0) is 15.5. The van der Waals surface area contributed by atoms with Gasteiger partial charge in [0.2, 0.25) is 0 Å². The van der Waals surface area contributed by atoms with Crippen molar-refractivity contribution in [1.82, 2.24) is 14.7 Å². The Bertz CT molecular complexity index is 256. The third-order valence-corrected chi connectivity index (χ3v) is 3.15. The van der Waals surface area contributed by atoms with Gasteiger partial charge < -0.3 is 14.5 Å². The molecule has 5 heteroatoms. The van der Waals surface area contributed by atoms with Crippen LogP contribution in [-0.4, -0.2) is 82.3 Å². The van der Waals surface area contributed by atoms with Gasteiger partial charge in [0.15, 0.2) is 6.23 Å². The Balaban J connectivity index is 3.84. The minimum Gasteiger partial charge on any atom is -0.446 e. The molecule has 0 saturated heterocycles. The van der Waals surface area contributed by atoms with Crippen molar-refractivity contribution in [1.29, 1.82) is 0 Å². The Morgan fingerprint density at radius 3 is 2.00 bits per heavy atom. The van der Waals surface area contributed by atoms with Gasteiger partial charge in [0, 0.05) is 19.4 Å². The minimum atomic E-state index is -0.119. The number of carbonyl (C=O) groups excluding carboxylic acids is 1. The number of unbranched alkanes of at least 4 members (excludes halogenated alkanes) is 2. The zero-order valence-electron chi connectivity index (χ0n) is 14.2. The fourth-order valence-corrected chi connectivity index (χ4v) is 1.88. The maximum absolute atomic E-state index is 11.8. The van der Waals surface area contributed by atoms with Crippen molar-refractivity contribution in [3.8, 4) is 0 Å². The molecule has 0 fully saturated rings. The van der Waals surface area contributed by atoms with E-state index in [9.17, 15) is 4.79 Å². The lowest BCUT2D eigenvalue weighted by atomic mass is 10.2. The van der Waals surface area contributed by atoms with Gasteiger partial charge in [0.1, 0.15) is 0 Å². The Morgan fingerprint density at radius 2 is 1.50 bits per heavy atom. The molecule has 0 aromatic rings. The van der Waals surface area contributed by atoms with Crippen molar-refractivity contribution in [3.05, 3.63) is 0 Å². The second kappa shape index (κ2) is 11.1. The van der Waals surface area contributed by atoms with E-state index in [-0.39, 0.29) is 12.2 Å². The van der Waals surface area contributed by atoms with E-state index in [1.807, 2.05) is 33.1 Å². The molecule has 0 rings (SSSR count). The average Bonchev–Trinajstić information content (AvgIpc) is 2.32. The van der Waals surface area contributed by atoms with E-state index in [2.05, 4.69) is 23.9 Å². The molecule has 0 bridgehead atoms. The molecule has 5 nitrogen and oxygen atoms in total. The highest BCUT2D eigenvalue weighted by Gasteiger charge is 2.16. The largest absolute Gasteiger partial charge is 0.446 e. The van der Waals surface area contributed by atoms with Crippen LogP contribution < -0.4 is 0 Å². The SMILES string of the molecule is CN(C)CCCCCC(=O)OC(CCN(C)C)N(C)C. The monoisotopic (exact) mass is 287 g/mol. The first-order valence-corrected chi connectivity index (χ1v) is 7.48. The number of hydrogen-bond donors (Lipinski definition) is 0. The molecule has 1 unspecified atom stereocenters. The lowest BCUT2D eigenvalue weighted by molar-refractivity contribution is -0.157. The first-order valence-electron chi connectivity index (χ1n) is 7.48. The van der Waals surface area contributed by atoms with Crippen molar-refractivity contribution in [2.75, 3.05) is 55.4 Å². The van der Waals surface area contributed by atoms with Crippen molar-refractivity contribution in [2.45, 2.75) is 38.3 Å². The molecule has 0 aromatic carbocycles. The summed E-state index contributed by atoms with van der Waals surface area (Å²) in [5, 5.41) is 0. The fraction of sp³-hybridized carbons (Fsp3) is 0.933. The number of nitrogens with zero attached hydrogens (tertiary/aromatic N) is 3. The number of hydrogen-bond acceptors (Lipinski definition) is 5. The highest BCUT2D eigenvalue weighted by molar-refractivity contribution is 5.69. The van der Waals surface area contributed by atoms with Crippen LogP contribution in [0.2, 0.25) is 0 Å². The molecule has 0 radical (unpaired) electrons. The third-order valence-electron chi connectivity index (χ3n) is 3.15. The summed E-state index contributed by atoms with van der Waals surface area (Å²) in [5.41, 5.74) is 0. The molecule has 120 valence electrons. The predicted molar refractivity (Wildman–Crippen MR) is 83.8 cm³/mol. The van der Waals surface area contributed by atoms with Gasteiger partial charge in [-0.05, 0) is 61.7 Å². The second-order valence-electron chi connectivity index (χ2n) is 6.11. The summed E-state index contributed by atoms with van der Waals surface area (Å²) in [6, 6.07) is 0. The van der Waals surface area contributed by atoms with Crippen LogP contribution in [0.5, 0.6) is 0 Å². The summed E-state index contributed by atoms with van der Waals surface area (Å²) in [6.07, 6.45) is 4.38. The maximum atomic E-state index is 11.8. The highest BCUT2D eigenvalue weighted by Crippen LogP contribution is 2.08. The van der Waals surface area contributed by atoms with Crippen molar-refractivity contribution in [2.24, 2.45) is 0 Å². The van der Waals surface area contributed by atoms with Crippen LogP contribution in [0, 0.1) is 0 Å². The molecule has 0 N–H and O–H groups in total. The van der Waals surface area contributed by atoms with Gasteiger partial charge in [-0.25, -0.2) is 0 Å². The van der Waals surface area contributed by atoms with Gasteiger partial charge in [-0.3, -0.25) is 9.69 Å². The number of carbonyl (C=O) groups is 1. The Kier molecular flexibility index (Phi) is 10.7. The molecule has 20 heavy (non-hydrogen) atoms. The first-order chi connectivity index (χ1) is 9.32. The summed E-state index contributed by atoms with van der Waals surface area (Å²) in [7, 11) is 12.1. The van der Waals surface area contributed by atoms with Crippen LogP contribution in [0.1, 0.15) is 32.1 Å². The number of esters is 1. The minimum absolute atomic E-state index is 0.0766. The highest BCUT2D eigenvalue weighted by atomic mass is 16.6. The van der Waals surface area contributed by atoms with Crippen LogP contribution in [0.3, 0.4) is 0 Å². The molecular weight excluding hydrogens is 254 g/mol. The van der Waals surface area contributed by atoms with Gasteiger partial charge in [-0.2, -0.15) is 0 Å². The summed E-state index contributed by atoms with van der Waals surface area (Å²) >= 11 is 0. The summed E-state index contributed by atoms with van der Waals surface area (Å²) in [4.78, 5) is 18.1. The van der Waals surface area contributed by atoms with Crippen molar-refractivity contribution in [3.63, 3.8) is 0 Å². The van der Waals surface area contributed by atoms with Gasteiger partial charge in [-0.1, -0.05) is 6.42 Å². The quantitative estimate of drug-likeness (QED) is 0.327. The second-order valence-corrected chi connectivity index (χ2v) is 6.11. The summed E-state index contributed by atoms with van der Waals surface area (Å²) < 4.78 is 5.54. The molecule has 0 amide bonds. The molecule has 0 spiro atoms. The third kappa shape index (κ3) is 11.2. The molecule has 0 aliphatic carbocycles. The molecule has 1 atom stereocenters. The number of ether oxygens (including phenoxy) is 1. The van der Waals surface area contributed by atoms with E-state index in [0.717, 1.165) is 38.8 Å². The van der Waals surface area contributed by atoms with Gasteiger partial charge in [0.25, 0.3) is 0 Å². The fourth-order valence-electron chi connectivity index (χ4n) is 1.88. The Labute approximate surface area is 124 Å². The topological polar surface area (TPSA) is 36.0 Å². The summed E-state index contributed by atoms with van der Waals surface area (Å²) in [6.45, 7) is 2.00. The standard InChI is InChI=1S/C15H33N3O2/c1-16(2)12-9-7-8-10-15(19)20-14(18(5)6)11-13-17(3)4/h14H,7-13H2,1-6H3. The lowest BCUT2D eigenvalue weighted by Crippen LogP contribution is -2.35. The normalized spacial score (nSPS) is 13.2. The van der Waals surface area contributed by atoms with Crippen LogP contribution >= 0.6 is 0 Å². The van der Waals surface area contributed by atoms with Crippen LogP contribution in [0.15, 0.2) is 0 Å². The zero-order valence-corrected chi connectivity index (χ0v) is 14.2. The van der Waals surface area contributed by atoms with Gasteiger partial charge in [0.05, 0.1) is 0 Å². The molecular formula is C15H33N3O2. The van der Waals surface area contributed by atoms with E-state index in [1.54, 1.807) is 0 Å². The van der Waals surface area contributed by atoms with Crippen LogP contribution in [0.4, 0.5) is 0 Å². The van der Waals surface area contributed by atoms with Gasteiger partial charge in [-0.15, -0.1) is 0 Å². The Morgan fingerprint density at radius 1 is 0.900 bits per heavy atom. The first kappa shape index (κ1) is 19.4. The van der Waals surface area contributed by atoms with Crippen LogP contribution in [0.25, 0.3) is 0 Å². The van der Waals surface area contributed by atoms with Crippen LogP contribution in [-0.2, 0) is 9.53 Å². The summed E-state index contributed by atoms with van der Waals surface area (Å²) in [5.74, 6) is -0.0766. The predicted octanol–water partition coefficient (Wildman–Crippen LogP) is 1.49. The van der Waals surface area contributed by atoms with Gasteiger partial charge >= 0.3 is 5.97 Å². The molecule has 0 aliphatic heterocycles. The van der Waals surface area contributed by atoms with Crippen molar-refractivity contribution >= 4 is 5.97 Å². The lowest BCUT2D eigenvalue weighted by Gasteiger charge is -2.25. The molecule has 0 aromatic heterocycles. The number of rotatable bonds is 11. The molecule has 0 saturated carbocycles. The Hall–Kier alpha value is -0.650. The van der Waals surface area contributed by atoms with Crippen molar-refractivity contribution < 1.29 is 9.53 Å². The van der Waals surface area contributed by atoms with E-state index >= 15 is 0 Å². The van der Waals surface area contributed by atoms with E-state index in [0.29, 0.717) is 6.42 Å². The van der Waals surface area contributed by atoms with E-state index < -0.39 is 0 Å². The molecule has 0 heterocycles. The van der Waals surface area contributed by atoms with E-state index in [4.69, 9.17) is 4.74 Å². The maximum Gasteiger partial charge on any atom is 0.307 e. The van der Waals surface area contributed by atoms with E-state index in [1.165, 1.54) is 0 Å².